The van der Waals surface area contributed by atoms with Crippen LogP contribution in [0.15, 0.2) is 36.7 Å². The van der Waals surface area contributed by atoms with Crippen LogP contribution < -0.4 is 4.90 Å². The van der Waals surface area contributed by atoms with Crippen LogP contribution in [0.25, 0.3) is 5.82 Å². The highest BCUT2D eigenvalue weighted by Crippen LogP contribution is 2.19. The number of benzene rings is 1. The van der Waals surface area contributed by atoms with Gasteiger partial charge in [-0.1, -0.05) is 11.6 Å². The molecule has 3 aromatic rings. The Balaban J connectivity index is 1.34. The van der Waals surface area contributed by atoms with E-state index in [-0.39, 0.29) is 0 Å². The van der Waals surface area contributed by atoms with Gasteiger partial charge in [0.05, 0.1) is 5.69 Å². The predicted molar refractivity (Wildman–Crippen MR) is 107 cm³/mol. The molecule has 1 fully saturated rings. The Morgan fingerprint density at radius 2 is 1.81 bits per heavy atom. The van der Waals surface area contributed by atoms with Gasteiger partial charge < -0.3 is 4.90 Å². The Morgan fingerprint density at radius 1 is 1.07 bits per heavy atom. The molecule has 1 aliphatic heterocycles. The Morgan fingerprint density at radius 3 is 2.48 bits per heavy atom. The molecule has 142 valence electrons. The fourth-order valence-corrected chi connectivity index (χ4v) is 3.71. The number of halogens is 1. The second-order valence-electron chi connectivity index (χ2n) is 6.94. The van der Waals surface area contributed by atoms with Gasteiger partial charge in [-0.25, -0.2) is 0 Å². The third-order valence-corrected chi connectivity index (χ3v) is 5.31. The fraction of sp³-hybridized carbons (Fsp3) is 0.421. The summed E-state index contributed by atoms with van der Waals surface area (Å²) in [4.78, 5) is 4.90. The van der Waals surface area contributed by atoms with Gasteiger partial charge in [0.2, 0.25) is 0 Å². The van der Waals surface area contributed by atoms with Crippen molar-refractivity contribution >= 4 is 17.3 Å². The standard InChI is InChI=1S/C19H24ClN7/c1-15-13-19(24(2)23-15)27-14-21-22-18(27)7-8-25-9-11-26(12-10-25)17-5-3-16(20)4-6-17/h3-6,13-14H,7-12H2,1-2H3. The van der Waals surface area contributed by atoms with Crippen LogP contribution in [-0.4, -0.2) is 62.2 Å². The van der Waals surface area contributed by atoms with Crippen molar-refractivity contribution < 1.29 is 0 Å². The first-order valence-electron chi connectivity index (χ1n) is 9.23. The lowest BCUT2D eigenvalue weighted by Crippen LogP contribution is -2.47. The normalized spacial score (nSPS) is 15.4. The van der Waals surface area contributed by atoms with Crippen LogP contribution in [0.3, 0.4) is 0 Å². The monoisotopic (exact) mass is 385 g/mol. The number of aryl methyl sites for hydroxylation is 2. The van der Waals surface area contributed by atoms with Crippen LogP contribution in [0.1, 0.15) is 11.5 Å². The fourth-order valence-electron chi connectivity index (χ4n) is 3.58. The van der Waals surface area contributed by atoms with Crippen LogP contribution in [0.2, 0.25) is 5.02 Å². The van der Waals surface area contributed by atoms with Gasteiger partial charge >= 0.3 is 0 Å². The lowest BCUT2D eigenvalue weighted by molar-refractivity contribution is 0.259. The maximum Gasteiger partial charge on any atom is 0.139 e. The first-order chi connectivity index (χ1) is 13.1. The Bertz CT molecular complexity index is 891. The van der Waals surface area contributed by atoms with E-state index in [1.807, 2.05) is 35.4 Å². The molecule has 1 aliphatic rings. The van der Waals surface area contributed by atoms with E-state index in [4.69, 9.17) is 11.6 Å². The molecule has 0 spiro atoms. The van der Waals surface area contributed by atoms with E-state index in [1.165, 1.54) is 5.69 Å². The Hall–Kier alpha value is -2.38. The lowest BCUT2D eigenvalue weighted by Gasteiger charge is -2.36. The largest absolute Gasteiger partial charge is 0.369 e. The van der Waals surface area contributed by atoms with E-state index in [0.717, 1.165) is 61.5 Å². The van der Waals surface area contributed by atoms with Crippen LogP contribution in [0.5, 0.6) is 0 Å². The summed E-state index contributed by atoms with van der Waals surface area (Å²) in [7, 11) is 1.95. The zero-order chi connectivity index (χ0) is 18.8. The highest BCUT2D eigenvalue weighted by molar-refractivity contribution is 6.30. The van der Waals surface area contributed by atoms with Crippen molar-refractivity contribution in [1.29, 1.82) is 0 Å². The highest BCUT2D eigenvalue weighted by Gasteiger charge is 2.18. The van der Waals surface area contributed by atoms with Gasteiger partial charge in [0.15, 0.2) is 0 Å². The maximum atomic E-state index is 5.99. The summed E-state index contributed by atoms with van der Waals surface area (Å²) >= 11 is 5.99. The van der Waals surface area contributed by atoms with Gasteiger partial charge in [0, 0.05) is 63.0 Å². The Labute approximate surface area is 164 Å². The minimum atomic E-state index is 0.783. The highest BCUT2D eigenvalue weighted by atomic mass is 35.5. The number of hydrogen-bond donors (Lipinski definition) is 0. The lowest BCUT2D eigenvalue weighted by atomic mass is 10.2. The maximum absolute atomic E-state index is 5.99. The number of anilines is 1. The number of hydrogen-bond acceptors (Lipinski definition) is 5. The van der Waals surface area contributed by atoms with Gasteiger partial charge in [-0.3, -0.25) is 14.1 Å². The van der Waals surface area contributed by atoms with E-state index in [0.29, 0.717) is 0 Å². The third kappa shape index (κ3) is 3.99. The van der Waals surface area contributed by atoms with E-state index in [1.54, 1.807) is 6.33 Å². The molecule has 0 bridgehead atoms. The average molecular weight is 386 g/mol. The van der Waals surface area contributed by atoms with Crippen molar-refractivity contribution in [3.05, 3.63) is 53.2 Å². The van der Waals surface area contributed by atoms with Crippen molar-refractivity contribution in [1.82, 2.24) is 29.4 Å². The molecule has 1 aromatic carbocycles. The molecule has 0 saturated carbocycles. The van der Waals surface area contributed by atoms with Gasteiger partial charge in [0.25, 0.3) is 0 Å². The van der Waals surface area contributed by atoms with Gasteiger partial charge in [0.1, 0.15) is 18.0 Å². The molecule has 0 radical (unpaired) electrons. The molecule has 4 rings (SSSR count). The number of rotatable bonds is 5. The molecule has 7 nitrogen and oxygen atoms in total. The summed E-state index contributed by atoms with van der Waals surface area (Å²) in [5.41, 5.74) is 2.23. The van der Waals surface area contributed by atoms with Gasteiger partial charge in [-0.2, -0.15) is 5.10 Å². The summed E-state index contributed by atoms with van der Waals surface area (Å²) in [6, 6.07) is 10.1. The summed E-state index contributed by atoms with van der Waals surface area (Å²) in [6.07, 6.45) is 2.63. The van der Waals surface area contributed by atoms with Crippen LogP contribution in [0, 0.1) is 6.92 Å². The van der Waals surface area contributed by atoms with E-state index < -0.39 is 0 Å². The van der Waals surface area contributed by atoms with Crippen molar-refractivity contribution in [2.24, 2.45) is 7.05 Å². The molecule has 8 heteroatoms. The van der Waals surface area contributed by atoms with Gasteiger partial charge in [-0.05, 0) is 31.2 Å². The zero-order valence-electron chi connectivity index (χ0n) is 15.7. The quantitative estimate of drug-likeness (QED) is 0.674. The molecular formula is C19H24ClN7. The van der Waals surface area contributed by atoms with E-state index in [2.05, 4.69) is 43.3 Å². The summed E-state index contributed by atoms with van der Waals surface area (Å²) in [6.45, 7) is 7.10. The Kier molecular flexibility index (Phi) is 5.13. The predicted octanol–water partition coefficient (Wildman–Crippen LogP) is 2.33. The minimum Gasteiger partial charge on any atom is -0.369 e. The van der Waals surface area contributed by atoms with Crippen LogP contribution in [0.4, 0.5) is 5.69 Å². The summed E-state index contributed by atoms with van der Waals surface area (Å²) in [5.74, 6) is 1.97. The molecule has 2 aromatic heterocycles. The third-order valence-electron chi connectivity index (χ3n) is 5.06. The first kappa shape index (κ1) is 18.0. The summed E-state index contributed by atoms with van der Waals surface area (Å²) in [5, 5.41) is 13.6. The SMILES string of the molecule is Cc1cc(-n2cnnc2CCN2CCN(c3ccc(Cl)cc3)CC2)n(C)n1. The van der Waals surface area contributed by atoms with Crippen molar-refractivity contribution in [2.45, 2.75) is 13.3 Å². The first-order valence-corrected chi connectivity index (χ1v) is 9.61. The second kappa shape index (κ2) is 7.70. The molecule has 0 unspecified atom stereocenters. The van der Waals surface area contributed by atoms with Crippen molar-refractivity contribution in [3.8, 4) is 5.82 Å². The zero-order valence-corrected chi connectivity index (χ0v) is 16.5. The average Bonchev–Trinajstić information content (AvgIpc) is 3.26. The summed E-state index contributed by atoms with van der Waals surface area (Å²) < 4.78 is 3.90. The van der Waals surface area contributed by atoms with Crippen molar-refractivity contribution in [2.75, 3.05) is 37.6 Å². The molecule has 27 heavy (non-hydrogen) atoms. The minimum absolute atomic E-state index is 0.783. The number of aromatic nitrogens is 5. The molecule has 1 saturated heterocycles. The van der Waals surface area contributed by atoms with Gasteiger partial charge in [-0.15, -0.1) is 10.2 Å². The van der Waals surface area contributed by atoms with Crippen molar-refractivity contribution in [3.63, 3.8) is 0 Å². The van der Waals surface area contributed by atoms with Crippen LogP contribution >= 0.6 is 11.6 Å². The molecular weight excluding hydrogens is 362 g/mol. The van der Waals surface area contributed by atoms with E-state index >= 15 is 0 Å². The number of nitrogens with zero attached hydrogens (tertiary/aromatic N) is 7. The molecule has 0 aliphatic carbocycles. The molecule has 0 N–H and O–H groups in total. The second-order valence-corrected chi connectivity index (χ2v) is 7.38. The number of piperazine rings is 1. The smallest absolute Gasteiger partial charge is 0.139 e. The topological polar surface area (TPSA) is 55.0 Å². The molecule has 0 atom stereocenters. The van der Waals surface area contributed by atoms with Crippen LogP contribution in [-0.2, 0) is 13.5 Å². The molecule has 0 amide bonds. The van der Waals surface area contributed by atoms with E-state index in [9.17, 15) is 0 Å². The molecule has 3 heterocycles.